The number of hydrogen-bond acceptors (Lipinski definition) is 6. The summed E-state index contributed by atoms with van der Waals surface area (Å²) in [6.07, 6.45) is -4.64. The average molecular weight is 417 g/mol. The number of carbonyl (C=O) groups excluding carboxylic acids is 3. The summed E-state index contributed by atoms with van der Waals surface area (Å²) in [7, 11) is 0. The van der Waals surface area contributed by atoms with Crippen LogP contribution in [0.3, 0.4) is 0 Å². The average Bonchev–Trinajstić information content (AvgIpc) is 3.27. The van der Waals surface area contributed by atoms with Crippen molar-refractivity contribution < 1.29 is 32.3 Å². The van der Waals surface area contributed by atoms with Crippen molar-refractivity contribution in [2.24, 2.45) is 11.0 Å². The van der Waals surface area contributed by atoms with E-state index in [2.05, 4.69) is 10.5 Å². The number of amides is 2. The molecule has 1 saturated heterocycles. The van der Waals surface area contributed by atoms with E-state index in [4.69, 9.17) is 4.74 Å². The van der Waals surface area contributed by atoms with E-state index in [1.807, 2.05) is 0 Å². The van der Waals surface area contributed by atoms with Crippen LogP contribution < -0.4 is 10.3 Å². The van der Waals surface area contributed by atoms with E-state index in [0.29, 0.717) is 16.5 Å². The molecule has 2 heterocycles. The molecule has 1 fully saturated rings. The number of anilines is 1. The van der Waals surface area contributed by atoms with Crippen molar-refractivity contribution in [3.05, 3.63) is 65.7 Å². The number of carbonyl (C=O) groups is 3. The molecule has 0 bridgehead atoms. The van der Waals surface area contributed by atoms with Crippen LogP contribution in [0.1, 0.15) is 11.1 Å². The van der Waals surface area contributed by atoms with Crippen LogP contribution in [0.4, 0.5) is 18.9 Å². The fourth-order valence-electron chi connectivity index (χ4n) is 3.33. The van der Waals surface area contributed by atoms with Crippen LogP contribution in [-0.4, -0.2) is 29.5 Å². The molecular weight excluding hydrogens is 403 g/mol. The van der Waals surface area contributed by atoms with E-state index in [1.165, 1.54) is 6.07 Å². The van der Waals surface area contributed by atoms with Crippen molar-refractivity contribution in [2.45, 2.75) is 18.8 Å². The number of imide groups is 1. The maximum Gasteiger partial charge on any atom is 0.416 e. The fraction of sp³-hybridized carbons (Fsp3) is 0.200. The summed E-state index contributed by atoms with van der Waals surface area (Å²) in [5, 5.41) is 3.76. The van der Waals surface area contributed by atoms with Gasteiger partial charge in [0.2, 0.25) is 5.91 Å². The predicted molar refractivity (Wildman–Crippen MR) is 98.0 cm³/mol. The van der Waals surface area contributed by atoms with Gasteiger partial charge in [0.25, 0.3) is 5.91 Å². The summed E-state index contributed by atoms with van der Waals surface area (Å²) in [5.41, 5.74) is 1.63. The Hall–Kier alpha value is -3.69. The van der Waals surface area contributed by atoms with Gasteiger partial charge in [-0.2, -0.15) is 18.3 Å². The first kappa shape index (κ1) is 19.6. The zero-order chi connectivity index (χ0) is 21.5. The second-order valence-electron chi connectivity index (χ2n) is 6.70. The summed E-state index contributed by atoms with van der Waals surface area (Å²) in [6.45, 7) is -0.0600. The first-order valence-electron chi connectivity index (χ1n) is 8.86. The van der Waals surface area contributed by atoms with Crippen molar-refractivity contribution in [3.8, 4) is 0 Å². The molecule has 30 heavy (non-hydrogen) atoms. The Kier molecular flexibility index (Phi) is 4.76. The Labute approximate surface area is 168 Å². The van der Waals surface area contributed by atoms with E-state index in [1.54, 1.807) is 30.3 Å². The number of benzene rings is 2. The monoisotopic (exact) mass is 417 g/mol. The molecule has 0 saturated carbocycles. The van der Waals surface area contributed by atoms with Crippen molar-refractivity contribution >= 4 is 29.2 Å². The lowest BCUT2D eigenvalue weighted by Gasteiger charge is -2.17. The van der Waals surface area contributed by atoms with Crippen LogP contribution in [0.5, 0.6) is 0 Å². The molecule has 2 amide bonds. The molecule has 0 aliphatic carbocycles. The van der Waals surface area contributed by atoms with Crippen LogP contribution in [0.25, 0.3) is 0 Å². The number of nitrogens with zero attached hydrogens (tertiary/aromatic N) is 2. The molecule has 0 spiro atoms. The van der Waals surface area contributed by atoms with Crippen molar-refractivity contribution in [2.75, 3.05) is 4.90 Å². The second kappa shape index (κ2) is 7.29. The predicted octanol–water partition coefficient (Wildman–Crippen LogP) is 2.27. The number of halogens is 3. The van der Waals surface area contributed by atoms with Gasteiger partial charge >= 0.3 is 12.1 Å². The summed E-state index contributed by atoms with van der Waals surface area (Å²) in [6, 6.07) is 11.5. The minimum absolute atomic E-state index is 0.0600. The normalized spacial score (nSPS) is 20.6. The van der Waals surface area contributed by atoms with Gasteiger partial charge in [-0.1, -0.05) is 36.4 Å². The molecule has 2 aliphatic rings. The lowest BCUT2D eigenvalue weighted by atomic mass is 9.99. The SMILES string of the molecule is O=C(OCc1ccccc1)C1=NNC2C(=O)N(c3cccc(C(F)(F)F)c3)C(=O)C12. The van der Waals surface area contributed by atoms with E-state index in [9.17, 15) is 27.6 Å². The van der Waals surface area contributed by atoms with E-state index >= 15 is 0 Å². The quantitative estimate of drug-likeness (QED) is 0.609. The lowest BCUT2D eigenvalue weighted by molar-refractivity contribution is -0.138. The molecule has 2 atom stereocenters. The van der Waals surface area contributed by atoms with Gasteiger partial charge in [-0.25, -0.2) is 9.69 Å². The standard InChI is InChI=1S/C20H14F3N3O4/c21-20(22,23)12-7-4-8-13(9-12)26-17(27)14-15(18(26)28)24-25-16(14)19(29)30-10-11-5-2-1-3-6-11/h1-9,14-15,24H,10H2. The topological polar surface area (TPSA) is 88.1 Å². The van der Waals surface area contributed by atoms with E-state index in [0.717, 1.165) is 12.1 Å². The molecule has 2 aromatic rings. The van der Waals surface area contributed by atoms with Gasteiger partial charge in [-0.15, -0.1) is 0 Å². The van der Waals surface area contributed by atoms with E-state index in [-0.39, 0.29) is 18.0 Å². The molecule has 1 N–H and O–H groups in total. The maximum absolute atomic E-state index is 13.0. The first-order chi connectivity index (χ1) is 14.3. The summed E-state index contributed by atoms with van der Waals surface area (Å²) in [4.78, 5) is 38.5. The number of fused-ring (bicyclic) bond motifs is 1. The van der Waals surface area contributed by atoms with Gasteiger partial charge in [0.1, 0.15) is 18.6 Å². The third kappa shape index (κ3) is 3.40. The van der Waals surface area contributed by atoms with Crippen LogP contribution in [0.2, 0.25) is 0 Å². The molecule has 2 aromatic carbocycles. The number of hydrazone groups is 1. The molecule has 2 unspecified atom stereocenters. The zero-order valence-electron chi connectivity index (χ0n) is 15.2. The fourth-order valence-corrected chi connectivity index (χ4v) is 3.33. The van der Waals surface area contributed by atoms with Crippen molar-refractivity contribution in [1.82, 2.24) is 5.43 Å². The van der Waals surface area contributed by atoms with Crippen LogP contribution >= 0.6 is 0 Å². The molecule has 0 aromatic heterocycles. The molecule has 0 radical (unpaired) electrons. The maximum atomic E-state index is 13.0. The van der Waals surface area contributed by atoms with Gasteiger partial charge in [-0.3, -0.25) is 15.0 Å². The highest BCUT2D eigenvalue weighted by molar-refractivity contribution is 6.46. The zero-order valence-corrected chi connectivity index (χ0v) is 15.2. The second-order valence-corrected chi connectivity index (χ2v) is 6.70. The molecular formula is C20H14F3N3O4. The minimum Gasteiger partial charge on any atom is -0.456 e. The lowest BCUT2D eigenvalue weighted by Crippen LogP contribution is -2.36. The highest BCUT2D eigenvalue weighted by Gasteiger charge is 2.56. The molecule has 10 heteroatoms. The van der Waals surface area contributed by atoms with Crippen LogP contribution in [0, 0.1) is 5.92 Å². The summed E-state index contributed by atoms with van der Waals surface area (Å²) < 4.78 is 44.1. The molecule has 4 rings (SSSR count). The number of esters is 1. The van der Waals surface area contributed by atoms with Crippen LogP contribution in [-0.2, 0) is 31.9 Å². The Morgan fingerprint density at radius 2 is 1.80 bits per heavy atom. The van der Waals surface area contributed by atoms with Gasteiger partial charge in [0, 0.05) is 0 Å². The van der Waals surface area contributed by atoms with Gasteiger partial charge in [-0.05, 0) is 23.8 Å². The third-order valence-corrected chi connectivity index (χ3v) is 4.78. The molecule has 2 aliphatic heterocycles. The van der Waals surface area contributed by atoms with Crippen molar-refractivity contribution in [1.29, 1.82) is 0 Å². The van der Waals surface area contributed by atoms with Gasteiger partial charge in [0.15, 0.2) is 5.71 Å². The largest absolute Gasteiger partial charge is 0.456 e. The highest BCUT2D eigenvalue weighted by atomic mass is 19.4. The first-order valence-corrected chi connectivity index (χ1v) is 8.86. The van der Waals surface area contributed by atoms with Crippen LogP contribution in [0.15, 0.2) is 59.7 Å². The number of hydrogen-bond donors (Lipinski definition) is 1. The van der Waals surface area contributed by atoms with E-state index < -0.39 is 41.5 Å². The Morgan fingerprint density at radius 3 is 2.50 bits per heavy atom. The molecule has 154 valence electrons. The van der Waals surface area contributed by atoms with Gasteiger partial charge in [0.05, 0.1) is 11.3 Å². The Morgan fingerprint density at radius 1 is 1.07 bits per heavy atom. The Balaban J connectivity index is 1.54. The number of rotatable bonds is 4. The third-order valence-electron chi connectivity index (χ3n) is 4.78. The summed E-state index contributed by atoms with van der Waals surface area (Å²) >= 11 is 0. The highest BCUT2D eigenvalue weighted by Crippen LogP contribution is 2.35. The number of nitrogens with one attached hydrogen (secondary N) is 1. The number of alkyl halides is 3. The number of ether oxygens (including phenoxy) is 1. The van der Waals surface area contributed by atoms with Crippen molar-refractivity contribution in [3.63, 3.8) is 0 Å². The smallest absolute Gasteiger partial charge is 0.416 e. The molecule has 7 nitrogen and oxygen atoms in total. The minimum atomic E-state index is -4.64. The van der Waals surface area contributed by atoms with Gasteiger partial charge < -0.3 is 4.74 Å². The summed E-state index contributed by atoms with van der Waals surface area (Å²) in [5.74, 6) is -3.79. The Bertz CT molecular complexity index is 1050.